The van der Waals surface area contributed by atoms with Gasteiger partial charge < -0.3 is 4.74 Å². The lowest BCUT2D eigenvalue weighted by Gasteiger charge is -2.11. The van der Waals surface area contributed by atoms with Crippen molar-refractivity contribution in [2.45, 2.75) is 18.5 Å². The molecule has 0 atom stereocenters. The minimum absolute atomic E-state index is 0.102. The van der Waals surface area contributed by atoms with Crippen LogP contribution in [-0.4, -0.2) is 33.4 Å². The average Bonchev–Trinajstić information content (AvgIpc) is 3.05. The summed E-state index contributed by atoms with van der Waals surface area (Å²) in [6.07, 6.45) is 0.423. The number of hydrogen-bond acceptors (Lipinski definition) is 5. The third-order valence-electron chi connectivity index (χ3n) is 3.76. The van der Waals surface area contributed by atoms with Gasteiger partial charge in [0.05, 0.1) is 12.8 Å². The molecule has 3 aromatic rings. The van der Waals surface area contributed by atoms with Crippen LogP contribution in [0.5, 0.6) is 5.75 Å². The van der Waals surface area contributed by atoms with Crippen molar-refractivity contribution < 1.29 is 13.9 Å². The monoisotopic (exact) mass is 371 g/mol. The van der Waals surface area contributed by atoms with E-state index in [2.05, 4.69) is 10.2 Å². The van der Waals surface area contributed by atoms with Crippen molar-refractivity contribution in [1.29, 1.82) is 0 Å². The van der Waals surface area contributed by atoms with E-state index in [0.29, 0.717) is 28.8 Å². The summed E-state index contributed by atoms with van der Waals surface area (Å²) in [5.74, 6) is 1.55. The molecule has 0 spiro atoms. The number of hydrogen-bond donors (Lipinski definition) is 0. The molecule has 2 aromatic carbocycles. The van der Waals surface area contributed by atoms with Crippen LogP contribution in [0.3, 0.4) is 0 Å². The quantitative estimate of drug-likeness (QED) is 0.584. The molecule has 0 fully saturated rings. The van der Waals surface area contributed by atoms with E-state index < -0.39 is 0 Å². The predicted octanol–water partition coefficient (Wildman–Crippen LogP) is 4.15. The Hall–Kier alpha value is -2.67. The Bertz CT molecular complexity index is 909. The topological polar surface area (TPSA) is 57.0 Å². The largest absolute Gasteiger partial charge is 0.497 e. The highest BCUT2D eigenvalue weighted by molar-refractivity contribution is 7.99. The van der Waals surface area contributed by atoms with Gasteiger partial charge in [-0.25, -0.2) is 4.39 Å². The van der Waals surface area contributed by atoms with Crippen LogP contribution in [0.4, 0.5) is 4.39 Å². The number of aromatic nitrogens is 3. The van der Waals surface area contributed by atoms with Gasteiger partial charge in [0, 0.05) is 17.7 Å². The summed E-state index contributed by atoms with van der Waals surface area (Å²) in [6.45, 7) is 1.55. The Morgan fingerprint density at radius 2 is 1.88 bits per heavy atom. The Morgan fingerprint density at radius 3 is 2.54 bits per heavy atom. The molecule has 0 saturated carbocycles. The molecule has 0 amide bonds. The van der Waals surface area contributed by atoms with E-state index in [1.54, 1.807) is 36.8 Å². The molecule has 0 aliphatic rings. The first-order chi connectivity index (χ1) is 12.6. The van der Waals surface area contributed by atoms with Crippen LogP contribution < -0.4 is 4.74 Å². The summed E-state index contributed by atoms with van der Waals surface area (Å²) in [4.78, 5) is 11.2. The number of halogens is 1. The highest BCUT2D eigenvalue weighted by atomic mass is 32.2. The minimum Gasteiger partial charge on any atom is -0.497 e. The number of ketones is 1. The Labute approximate surface area is 155 Å². The van der Waals surface area contributed by atoms with Gasteiger partial charge in [-0.3, -0.25) is 9.36 Å². The molecule has 0 unspecified atom stereocenters. The minimum atomic E-state index is -0.365. The summed E-state index contributed by atoms with van der Waals surface area (Å²) in [6, 6.07) is 13.8. The Balaban J connectivity index is 2.05. The molecular weight excluding hydrogens is 353 g/mol. The molecule has 0 radical (unpaired) electrons. The van der Waals surface area contributed by atoms with Gasteiger partial charge in [-0.2, -0.15) is 0 Å². The van der Waals surface area contributed by atoms with Crippen molar-refractivity contribution in [3.8, 4) is 22.8 Å². The van der Waals surface area contributed by atoms with Crippen molar-refractivity contribution in [3.63, 3.8) is 0 Å². The van der Waals surface area contributed by atoms with Crippen molar-refractivity contribution in [2.24, 2.45) is 0 Å². The number of nitrogens with zero attached hydrogens (tertiary/aromatic N) is 3. The number of Topliss-reactive ketones (excluding diaryl/α,β-unsaturated/α-hetero) is 1. The zero-order valence-corrected chi connectivity index (χ0v) is 15.3. The molecule has 1 heterocycles. The second kappa shape index (κ2) is 8.14. The number of carbonyl (C=O) groups is 1. The SMILES string of the molecule is COc1ccc(-c2nnc(SCCC(C)=O)n2-c2ccccc2F)cc1. The van der Waals surface area contributed by atoms with E-state index >= 15 is 0 Å². The van der Waals surface area contributed by atoms with Gasteiger partial charge >= 0.3 is 0 Å². The van der Waals surface area contributed by atoms with Crippen molar-refractivity contribution >= 4 is 17.5 Å². The van der Waals surface area contributed by atoms with Crippen LogP contribution in [-0.2, 0) is 4.79 Å². The number of rotatable bonds is 7. The number of methoxy groups -OCH3 is 1. The van der Waals surface area contributed by atoms with Gasteiger partial charge in [-0.1, -0.05) is 23.9 Å². The molecular formula is C19H18FN3O2S. The van der Waals surface area contributed by atoms with Gasteiger partial charge in [-0.05, 0) is 43.3 Å². The highest BCUT2D eigenvalue weighted by Gasteiger charge is 2.18. The van der Waals surface area contributed by atoms with Crippen LogP contribution in [0.15, 0.2) is 53.7 Å². The third kappa shape index (κ3) is 3.94. The van der Waals surface area contributed by atoms with Crippen LogP contribution in [0.1, 0.15) is 13.3 Å². The van der Waals surface area contributed by atoms with Gasteiger partial charge in [0.15, 0.2) is 11.0 Å². The van der Waals surface area contributed by atoms with E-state index in [4.69, 9.17) is 4.74 Å². The molecule has 26 heavy (non-hydrogen) atoms. The molecule has 0 aliphatic heterocycles. The maximum absolute atomic E-state index is 14.4. The molecule has 3 rings (SSSR count). The number of benzene rings is 2. The van der Waals surface area contributed by atoms with Gasteiger partial charge in [0.1, 0.15) is 17.3 Å². The fraction of sp³-hybridized carbons (Fsp3) is 0.211. The first kappa shape index (κ1) is 18.1. The van der Waals surface area contributed by atoms with Crippen molar-refractivity contribution in [3.05, 3.63) is 54.3 Å². The number of ether oxygens (including phenoxy) is 1. The summed E-state index contributed by atoms with van der Waals surface area (Å²) >= 11 is 1.38. The molecule has 0 bridgehead atoms. The molecule has 0 N–H and O–H groups in total. The zero-order chi connectivity index (χ0) is 18.5. The predicted molar refractivity (Wildman–Crippen MR) is 99.3 cm³/mol. The van der Waals surface area contributed by atoms with Crippen LogP contribution in [0, 0.1) is 5.82 Å². The summed E-state index contributed by atoms with van der Waals surface area (Å²) in [7, 11) is 1.60. The lowest BCUT2D eigenvalue weighted by molar-refractivity contribution is -0.116. The molecule has 1 aromatic heterocycles. The normalized spacial score (nSPS) is 10.7. The zero-order valence-electron chi connectivity index (χ0n) is 14.5. The lowest BCUT2D eigenvalue weighted by atomic mass is 10.2. The first-order valence-electron chi connectivity index (χ1n) is 8.07. The van der Waals surface area contributed by atoms with E-state index in [0.717, 1.165) is 11.3 Å². The molecule has 7 heteroatoms. The molecule has 0 aliphatic carbocycles. The Morgan fingerprint density at radius 1 is 1.15 bits per heavy atom. The third-order valence-corrected chi connectivity index (χ3v) is 4.69. The van der Waals surface area contributed by atoms with E-state index in [1.807, 2.05) is 24.3 Å². The van der Waals surface area contributed by atoms with E-state index in [9.17, 15) is 9.18 Å². The van der Waals surface area contributed by atoms with Crippen LogP contribution in [0.25, 0.3) is 17.1 Å². The standard InChI is InChI=1S/C19H18FN3O2S/c1-13(24)11-12-26-19-22-21-18(14-7-9-15(25-2)10-8-14)23(19)17-6-4-3-5-16(17)20/h3-10H,11-12H2,1-2H3. The van der Waals surface area contributed by atoms with Crippen molar-refractivity contribution in [1.82, 2.24) is 14.8 Å². The highest BCUT2D eigenvalue weighted by Crippen LogP contribution is 2.30. The number of para-hydroxylation sites is 1. The average molecular weight is 371 g/mol. The second-order valence-corrected chi connectivity index (χ2v) is 6.68. The van der Waals surface area contributed by atoms with E-state index in [1.165, 1.54) is 17.8 Å². The van der Waals surface area contributed by atoms with Gasteiger partial charge in [0.2, 0.25) is 0 Å². The maximum atomic E-state index is 14.4. The summed E-state index contributed by atoms with van der Waals surface area (Å²) < 4.78 is 21.3. The summed E-state index contributed by atoms with van der Waals surface area (Å²) in [5, 5.41) is 9.02. The number of carbonyl (C=O) groups excluding carboxylic acids is 1. The Kier molecular flexibility index (Phi) is 5.68. The summed E-state index contributed by atoms with van der Waals surface area (Å²) in [5.41, 5.74) is 1.16. The smallest absolute Gasteiger partial charge is 0.196 e. The van der Waals surface area contributed by atoms with Gasteiger partial charge in [-0.15, -0.1) is 10.2 Å². The van der Waals surface area contributed by atoms with Crippen molar-refractivity contribution in [2.75, 3.05) is 12.9 Å². The fourth-order valence-electron chi connectivity index (χ4n) is 2.43. The van der Waals surface area contributed by atoms with E-state index in [-0.39, 0.29) is 11.6 Å². The van der Waals surface area contributed by atoms with Gasteiger partial charge in [0.25, 0.3) is 0 Å². The second-order valence-electron chi connectivity index (χ2n) is 5.62. The molecule has 5 nitrogen and oxygen atoms in total. The number of thioether (sulfide) groups is 1. The van der Waals surface area contributed by atoms with Crippen LogP contribution in [0.2, 0.25) is 0 Å². The van der Waals surface area contributed by atoms with Crippen LogP contribution >= 0.6 is 11.8 Å². The first-order valence-corrected chi connectivity index (χ1v) is 9.05. The maximum Gasteiger partial charge on any atom is 0.196 e. The molecule has 134 valence electrons. The lowest BCUT2D eigenvalue weighted by Crippen LogP contribution is -2.03. The molecule has 0 saturated heterocycles. The fourth-order valence-corrected chi connectivity index (χ4v) is 3.41.